The van der Waals surface area contributed by atoms with Crippen LogP contribution in [0, 0.1) is 11.8 Å². The standard InChI is InChI=1S/C9H16N2O3/c1-5(9(13)14)7-3-11(4-7)8(12)6(2)10/h5-7H,3-4,10H2,1-2H3,(H,13,14)/t5?,6-/m0/s1. The largest absolute Gasteiger partial charge is 0.481 e. The maximum absolute atomic E-state index is 11.3. The van der Waals surface area contributed by atoms with E-state index in [0.29, 0.717) is 13.1 Å². The molecule has 0 aliphatic carbocycles. The lowest BCUT2D eigenvalue weighted by molar-refractivity contribution is -0.150. The molecule has 2 atom stereocenters. The lowest BCUT2D eigenvalue weighted by Gasteiger charge is -2.41. The molecule has 1 aliphatic rings. The summed E-state index contributed by atoms with van der Waals surface area (Å²) in [5.41, 5.74) is 5.42. The van der Waals surface area contributed by atoms with E-state index in [4.69, 9.17) is 10.8 Å². The Morgan fingerprint density at radius 3 is 2.29 bits per heavy atom. The van der Waals surface area contributed by atoms with Gasteiger partial charge in [-0.25, -0.2) is 0 Å². The molecule has 1 heterocycles. The fourth-order valence-corrected chi connectivity index (χ4v) is 1.50. The summed E-state index contributed by atoms with van der Waals surface area (Å²) in [4.78, 5) is 23.5. The predicted octanol–water partition coefficient (Wildman–Crippen LogP) is -0.487. The minimum atomic E-state index is -0.803. The summed E-state index contributed by atoms with van der Waals surface area (Å²) < 4.78 is 0. The number of likely N-dealkylation sites (tertiary alicyclic amines) is 1. The number of nitrogens with zero attached hydrogens (tertiary/aromatic N) is 1. The number of aliphatic carboxylic acids is 1. The normalized spacial score (nSPS) is 21.2. The molecule has 0 saturated carbocycles. The van der Waals surface area contributed by atoms with Crippen LogP contribution in [0.4, 0.5) is 0 Å². The molecule has 80 valence electrons. The van der Waals surface area contributed by atoms with Gasteiger partial charge in [0.15, 0.2) is 0 Å². The molecule has 0 aromatic carbocycles. The van der Waals surface area contributed by atoms with Gasteiger partial charge in [-0.2, -0.15) is 0 Å². The van der Waals surface area contributed by atoms with Gasteiger partial charge < -0.3 is 15.7 Å². The van der Waals surface area contributed by atoms with E-state index in [0.717, 1.165) is 0 Å². The second-order valence-electron chi connectivity index (χ2n) is 3.92. The van der Waals surface area contributed by atoms with Crippen LogP contribution in [0.2, 0.25) is 0 Å². The zero-order valence-electron chi connectivity index (χ0n) is 8.43. The van der Waals surface area contributed by atoms with Crippen molar-refractivity contribution >= 4 is 11.9 Å². The van der Waals surface area contributed by atoms with E-state index >= 15 is 0 Å². The van der Waals surface area contributed by atoms with E-state index in [1.807, 2.05) is 0 Å². The first-order valence-electron chi connectivity index (χ1n) is 4.70. The smallest absolute Gasteiger partial charge is 0.306 e. The summed E-state index contributed by atoms with van der Waals surface area (Å²) in [6.07, 6.45) is 0. The average molecular weight is 200 g/mol. The first kappa shape index (κ1) is 11.0. The van der Waals surface area contributed by atoms with Gasteiger partial charge >= 0.3 is 5.97 Å². The topological polar surface area (TPSA) is 83.6 Å². The van der Waals surface area contributed by atoms with Gasteiger partial charge in [0.25, 0.3) is 0 Å². The lowest BCUT2D eigenvalue weighted by atomic mass is 9.87. The molecule has 1 amide bonds. The van der Waals surface area contributed by atoms with Crippen molar-refractivity contribution in [1.29, 1.82) is 0 Å². The van der Waals surface area contributed by atoms with Crippen molar-refractivity contribution in [1.82, 2.24) is 4.90 Å². The Morgan fingerprint density at radius 1 is 1.43 bits per heavy atom. The second kappa shape index (κ2) is 3.96. The molecule has 0 aromatic rings. The highest BCUT2D eigenvalue weighted by atomic mass is 16.4. The molecule has 0 spiro atoms. The predicted molar refractivity (Wildman–Crippen MR) is 50.5 cm³/mol. The summed E-state index contributed by atoms with van der Waals surface area (Å²) in [7, 11) is 0. The second-order valence-corrected chi connectivity index (χ2v) is 3.92. The zero-order chi connectivity index (χ0) is 10.9. The molecule has 0 aromatic heterocycles. The van der Waals surface area contributed by atoms with E-state index in [1.54, 1.807) is 18.7 Å². The molecule has 14 heavy (non-hydrogen) atoms. The molecule has 5 nitrogen and oxygen atoms in total. The van der Waals surface area contributed by atoms with Crippen LogP contribution in [0.15, 0.2) is 0 Å². The number of nitrogens with two attached hydrogens (primary N) is 1. The number of carboxylic acid groups (broad SMARTS) is 1. The Hall–Kier alpha value is -1.10. The number of rotatable bonds is 3. The van der Waals surface area contributed by atoms with Crippen LogP contribution in [0.1, 0.15) is 13.8 Å². The number of hydrogen-bond donors (Lipinski definition) is 2. The Morgan fingerprint density at radius 2 is 1.93 bits per heavy atom. The van der Waals surface area contributed by atoms with Crippen LogP contribution in [0.5, 0.6) is 0 Å². The maximum atomic E-state index is 11.3. The Balaban J connectivity index is 2.37. The summed E-state index contributed by atoms with van der Waals surface area (Å²) in [5.74, 6) is -1.20. The first-order chi connectivity index (χ1) is 6.43. The van der Waals surface area contributed by atoms with Gasteiger partial charge in [0, 0.05) is 19.0 Å². The van der Waals surface area contributed by atoms with E-state index in [2.05, 4.69) is 0 Å². The van der Waals surface area contributed by atoms with Gasteiger partial charge in [0.2, 0.25) is 5.91 Å². The zero-order valence-corrected chi connectivity index (χ0v) is 8.43. The van der Waals surface area contributed by atoms with Crippen LogP contribution in [0.3, 0.4) is 0 Å². The number of carbonyl (C=O) groups excluding carboxylic acids is 1. The SMILES string of the molecule is CC(C(=O)O)C1CN(C(=O)[C@H](C)N)C1. The van der Waals surface area contributed by atoms with E-state index in [1.165, 1.54) is 0 Å². The third kappa shape index (κ3) is 2.04. The minimum Gasteiger partial charge on any atom is -0.481 e. The quantitative estimate of drug-likeness (QED) is 0.644. The van der Waals surface area contributed by atoms with Crippen molar-refractivity contribution in [2.24, 2.45) is 17.6 Å². The molecule has 1 fully saturated rings. The number of amides is 1. The van der Waals surface area contributed by atoms with E-state index < -0.39 is 12.0 Å². The molecule has 0 bridgehead atoms. The third-order valence-electron chi connectivity index (χ3n) is 2.71. The van der Waals surface area contributed by atoms with Crippen molar-refractivity contribution in [3.63, 3.8) is 0 Å². The maximum Gasteiger partial charge on any atom is 0.306 e. The number of hydrogen-bond acceptors (Lipinski definition) is 3. The molecule has 1 saturated heterocycles. The number of carboxylic acids is 1. The van der Waals surface area contributed by atoms with Crippen molar-refractivity contribution in [3.8, 4) is 0 Å². The molecule has 0 radical (unpaired) electrons. The average Bonchev–Trinajstić information content (AvgIpc) is 2.00. The highest BCUT2D eigenvalue weighted by Crippen LogP contribution is 2.24. The molecule has 1 aliphatic heterocycles. The molecule has 3 N–H and O–H groups in total. The summed E-state index contributed by atoms with van der Waals surface area (Å²) in [5, 5.41) is 8.72. The van der Waals surface area contributed by atoms with Crippen molar-refractivity contribution in [3.05, 3.63) is 0 Å². The van der Waals surface area contributed by atoms with E-state index in [9.17, 15) is 9.59 Å². The summed E-state index contributed by atoms with van der Waals surface area (Å²) in [6.45, 7) is 4.35. The molecule has 5 heteroatoms. The van der Waals surface area contributed by atoms with Crippen molar-refractivity contribution < 1.29 is 14.7 Å². The molecule has 1 rings (SSSR count). The van der Waals surface area contributed by atoms with Crippen LogP contribution in [-0.4, -0.2) is 41.0 Å². The number of carbonyl (C=O) groups is 2. The van der Waals surface area contributed by atoms with Crippen LogP contribution in [-0.2, 0) is 9.59 Å². The van der Waals surface area contributed by atoms with Gasteiger partial charge in [0.1, 0.15) is 0 Å². The third-order valence-corrected chi connectivity index (χ3v) is 2.71. The first-order valence-corrected chi connectivity index (χ1v) is 4.70. The van der Waals surface area contributed by atoms with Crippen LogP contribution >= 0.6 is 0 Å². The van der Waals surface area contributed by atoms with E-state index in [-0.39, 0.29) is 17.7 Å². The van der Waals surface area contributed by atoms with Crippen LogP contribution in [0.25, 0.3) is 0 Å². The fraction of sp³-hybridized carbons (Fsp3) is 0.778. The van der Waals surface area contributed by atoms with Gasteiger partial charge in [-0.05, 0) is 6.92 Å². The summed E-state index contributed by atoms with van der Waals surface area (Å²) >= 11 is 0. The van der Waals surface area contributed by atoms with Gasteiger partial charge in [0.05, 0.1) is 12.0 Å². The minimum absolute atomic E-state index is 0.0789. The van der Waals surface area contributed by atoms with Gasteiger partial charge in [-0.15, -0.1) is 0 Å². The van der Waals surface area contributed by atoms with Gasteiger partial charge in [-0.3, -0.25) is 9.59 Å². The molecular weight excluding hydrogens is 184 g/mol. The Kier molecular flexibility index (Phi) is 3.10. The van der Waals surface area contributed by atoms with Crippen molar-refractivity contribution in [2.75, 3.05) is 13.1 Å². The lowest BCUT2D eigenvalue weighted by Crippen LogP contribution is -2.57. The molecule has 1 unspecified atom stereocenters. The molecular formula is C9H16N2O3. The summed E-state index contributed by atoms with van der Waals surface area (Å²) in [6, 6.07) is -0.490. The Labute approximate surface area is 82.9 Å². The van der Waals surface area contributed by atoms with Gasteiger partial charge in [-0.1, -0.05) is 6.92 Å². The van der Waals surface area contributed by atoms with Crippen molar-refractivity contribution in [2.45, 2.75) is 19.9 Å². The Bertz CT molecular complexity index is 246. The van der Waals surface area contributed by atoms with Crippen LogP contribution < -0.4 is 5.73 Å². The highest BCUT2D eigenvalue weighted by Gasteiger charge is 2.37. The fourth-order valence-electron chi connectivity index (χ4n) is 1.50. The highest BCUT2D eigenvalue weighted by molar-refractivity contribution is 5.82. The monoisotopic (exact) mass is 200 g/mol.